The first kappa shape index (κ1) is 34.8. The fraction of sp³-hybridized carbons (Fsp3) is 0.207. The summed E-state index contributed by atoms with van der Waals surface area (Å²) in [5.41, 5.74) is 20.0. The van der Waals surface area contributed by atoms with Gasteiger partial charge in [0.05, 0.1) is 5.69 Å². The summed E-state index contributed by atoms with van der Waals surface area (Å²) in [6, 6.07) is 65.5. The molecule has 0 heterocycles. The molecule has 4 fully saturated rings. The van der Waals surface area contributed by atoms with Crippen LogP contribution in [-0.4, -0.2) is 0 Å². The minimum Gasteiger partial charge on any atom is -0.310 e. The van der Waals surface area contributed by atoms with E-state index in [1.807, 2.05) is 0 Å². The standard InChI is InChI=1S/C58H49N/c1-3-15-41(16-4-1)42-27-29-46(30-28-42)59(47-31-32-53-52-23-11-13-25-55(52)58(56(53)38-47)44-34-39-33-40(36-44)37-45(58)35-39)57-26-14-12-24-54(57)51-22-10-9-21-50(51)49-20-8-7-19-48(49)43-17-5-2-6-18-43/h1-10,12,14-32,38-40,44-45H,11,13,33-37H2. The summed E-state index contributed by atoms with van der Waals surface area (Å²) in [5, 5.41) is 0. The number of allylic oxidation sites excluding steroid dienone is 4. The molecule has 0 N–H and O–H groups in total. The molecule has 4 saturated carbocycles. The van der Waals surface area contributed by atoms with Crippen molar-refractivity contribution in [3.05, 3.63) is 205 Å². The molecule has 7 aromatic carbocycles. The van der Waals surface area contributed by atoms with Crippen LogP contribution in [0.5, 0.6) is 0 Å². The normalized spacial score (nSPS) is 23.4. The number of anilines is 3. The largest absolute Gasteiger partial charge is 0.310 e. The van der Waals surface area contributed by atoms with Gasteiger partial charge in [0, 0.05) is 22.4 Å². The van der Waals surface area contributed by atoms with Crippen molar-refractivity contribution < 1.29 is 0 Å². The Morgan fingerprint density at radius 3 is 1.58 bits per heavy atom. The Morgan fingerprint density at radius 2 is 0.898 bits per heavy atom. The van der Waals surface area contributed by atoms with E-state index in [-0.39, 0.29) is 5.41 Å². The van der Waals surface area contributed by atoms with E-state index in [2.05, 4.69) is 193 Å². The molecule has 1 heteroatoms. The van der Waals surface area contributed by atoms with Crippen molar-refractivity contribution in [2.75, 3.05) is 4.90 Å². The fourth-order valence-electron chi connectivity index (χ4n) is 12.8. The van der Waals surface area contributed by atoms with Gasteiger partial charge in [-0.15, -0.1) is 0 Å². The number of hydrogen-bond acceptors (Lipinski definition) is 1. The molecule has 1 nitrogen and oxygen atoms in total. The molecule has 0 unspecified atom stereocenters. The zero-order valence-corrected chi connectivity index (χ0v) is 33.6. The van der Waals surface area contributed by atoms with Gasteiger partial charge in [-0.05, 0) is 160 Å². The second-order valence-electron chi connectivity index (χ2n) is 17.9. The summed E-state index contributed by atoms with van der Waals surface area (Å²) >= 11 is 0. The van der Waals surface area contributed by atoms with E-state index >= 15 is 0 Å². The van der Waals surface area contributed by atoms with Crippen LogP contribution in [0.1, 0.15) is 56.1 Å². The molecule has 0 aliphatic heterocycles. The van der Waals surface area contributed by atoms with Crippen molar-refractivity contribution in [3.63, 3.8) is 0 Å². The van der Waals surface area contributed by atoms with Crippen LogP contribution in [-0.2, 0) is 5.41 Å². The summed E-state index contributed by atoms with van der Waals surface area (Å²) in [5.74, 6) is 3.33. The minimum absolute atomic E-state index is 0.140. The quantitative estimate of drug-likeness (QED) is 0.156. The maximum Gasteiger partial charge on any atom is 0.0540 e. The van der Waals surface area contributed by atoms with Crippen LogP contribution < -0.4 is 4.90 Å². The predicted molar refractivity (Wildman–Crippen MR) is 247 cm³/mol. The lowest BCUT2D eigenvalue weighted by molar-refractivity contribution is -0.0401. The van der Waals surface area contributed by atoms with E-state index in [9.17, 15) is 0 Å². The predicted octanol–water partition coefficient (Wildman–Crippen LogP) is 15.6. The SMILES string of the molecule is C1=C2C(=CCC1)C1(c3cc(N(c4ccc(-c5ccccc5)cc4)c4ccccc4-c4ccccc4-c4ccccc4-c4ccccc4)ccc32)C2CC3CC(C2)CC1C3. The third kappa shape index (κ3) is 5.51. The molecular weight excluding hydrogens is 711 g/mol. The first-order valence-electron chi connectivity index (χ1n) is 22.1. The van der Waals surface area contributed by atoms with Crippen LogP contribution in [0, 0.1) is 23.7 Å². The van der Waals surface area contributed by atoms with E-state index < -0.39 is 0 Å². The molecule has 0 amide bonds. The molecule has 13 rings (SSSR count). The minimum atomic E-state index is 0.140. The highest BCUT2D eigenvalue weighted by Gasteiger charge is 2.62. The van der Waals surface area contributed by atoms with E-state index in [1.54, 1.807) is 16.7 Å². The molecule has 7 aromatic rings. The number of nitrogens with zero attached hydrogens (tertiary/aromatic N) is 1. The maximum absolute atomic E-state index is 2.68. The number of hydrogen-bond donors (Lipinski definition) is 0. The van der Waals surface area contributed by atoms with Gasteiger partial charge in [0.2, 0.25) is 0 Å². The van der Waals surface area contributed by atoms with Crippen LogP contribution >= 0.6 is 0 Å². The molecule has 59 heavy (non-hydrogen) atoms. The Kier molecular flexibility index (Phi) is 8.26. The van der Waals surface area contributed by atoms with Crippen molar-refractivity contribution in [3.8, 4) is 44.5 Å². The van der Waals surface area contributed by atoms with Gasteiger partial charge in [-0.25, -0.2) is 0 Å². The van der Waals surface area contributed by atoms with Gasteiger partial charge >= 0.3 is 0 Å². The highest BCUT2D eigenvalue weighted by Crippen LogP contribution is 2.71. The highest BCUT2D eigenvalue weighted by molar-refractivity contribution is 5.98. The van der Waals surface area contributed by atoms with E-state index in [4.69, 9.17) is 0 Å². The third-order valence-corrected chi connectivity index (χ3v) is 14.9. The molecule has 0 atom stereocenters. The maximum atomic E-state index is 2.68. The fourth-order valence-corrected chi connectivity index (χ4v) is 12.8. The topological polar surface area (TPSA) is 3.24 Å². The van der Waals surface area contributed by atoms with Gasteiger partial charge in [-0.1, -0.05) is 158 Å². The lowest BCUT2D eigenvalue weighted by Crippen LogP contribution is -2.55. The van der Waals surface area contributed by atoms with Crippen molar-refractivity contribution in [1.82, 2.24) is 0 Å². The van der Waals surface area contributed by atoms with Gasteiger partial charge in [0.25, 0.3) is 0 Å². The average molecular weight is 760 g/mol. The number of fused-ring (bicyclic) bond motifs is 3. The van der Waals surface area contributed by atoms with E-state index in [0.29, 0.717) is 0 Å². The smallest absolute Gasteiger partial charge is 0.0540 e. The third-order valence-electron chi connectivity index (χ3n) is 14.9. The number of benzene rings is 7. The van der Waals surface area contributed by atoms with Gasteiger partial charge < -0.3 is 4.90 Å². The van der Waals surface area contributed by atoms with Crippen molar-refractivity contribution in [1.29, 1.82) is 0 Å². The molecule has 1 spiro atoms. The van der Waals surface area contributed by atoms with Gasteiger partial charge in [0.1, 0.15) is 0 Å². The second kappa shape index (κ2) is 14.0. The number of para-hydroxylation sites is 1. The molecule has 6 aliphatic rings. The Labute approximate surface area is 349 Å². The Bertz CT molecular complexity index is 2740. The van der Waals surface area contributed by atoms with Crippen molar-refractivity contribution >= 4 is 22.6 Å². The second-order valence-corrected chi connectivity index (χ2v) is 17.9. The van der Waals surface area contributed by atoms with Crippen LogP contribution in [0.25, 0.3) is 50.1 Å². The molecule has 0 aromatic heterocycles. The lowest BCUT2D eigenvalue weighted by Gasteiger charge is -2.61. The highest BCUT2D eigenvalue weighted by atomic mass is 15.1. The van der Waals surface area contributed by atoms with Gasteiger partial charge in [-0.2, -0.15) is 0 Å². The first-order chi connectivity index (χ1) is 29.2. The molecule has 286 valence electrons. The van der Waals surface area contributed by atoms with Crippen LogP contribution in [0.4, 0.5) is 17.1 Å². The summed E-state index contributed by atoms with van der Waals surface area (Å²) in [6.07, 6.45) is 14.7. The summed E-state index contributed by atoms with van der Waals surface area (Å²) in [4.78, 5) is 2.57. The lowest BCUT2D eigenvalue weighted by atomic mass is 9.43. The van der Waals surface area contributed by atoms with Crippen molar-refractivity contribution in [2.45, 2.75) is 50.4 Å². The summed E-state index contributed by atoms with van der Waals surface area (Å²) < 4.78 is 0. The van der Waals surface area contributed by atoms with E-state index in [1.165, 1.54) is 106 Å². The van der Waals surface area contributed by atoms with Gasteiger partial charge in [-0.3, -0.25) is 0 Å². The molecular formula is C58H49N. The molecule has 6 aliphatic carbocycles. The van der Waals surface area contributed by atoms with Crippen LogP contribution in [0.15, 0.2) is 194 Å². The molecule has 4 bridgehead atoms. The zero-order valence-electron chi connectivity index (χ0n) is 33.6. The monoisotopic (exact) mass is 759 g/mol. The van der Waals surface area contributed by atoms with Crippen molar-refractivity contribution in [2.24, 2.45) is 23.7 Å². The van der Waals surface area contributed by atoms with Crippen LogP contribution in [0.3, 0.4) is 0 Å². The molecule has 0 radical (unpaired) electrons. The Hall–Kier alpha value is -6.18. The number of rotatable bonds is 7. The zero-order chi connectivity index (χ0) is 38.9. The summed E-state index contributed by atoms with van der Waals surface area (Å²) in [6.45, 7) is 0. The Balaban J connectivity index is 1.06. The average Bonchev–Trinajstić information content (AvgIpc) is 3.59. The first-order valence-corrected chi connectivity index (χ1v) is 22.1. The van der Waals surface area contributed by atoms with E-state index in [0.717, 1.165) is 30.1 Å². The summed E-state index contributed by atoms with van der Waals surface area (Å²) in [7, 11) is 0. The van der Waals surface area contributed by atoms with Crippen LogP contribution in [0.2, 0.25) is 0 Å². The van der Waals surface area contributed by atoms with Gasteiger partial charge in [0.15, 0.2) is 0 Å². The molecule has 0 saturated heterocycles. The Morgan fingerprint density at radius 1 is 0.390 bits per heavy atom.